The van der Waals surface area contributed by atoms with E-state index in [9.17, 15) is 13.2 Å². The number of rotatable bonds is 2. The zero-order valence-corrected chi connectivity index (χ0v) is 10.3. The first-order valence-electron chi connectivity index (χ1n) is 4.31. The number of hydrogen-bond acceptors (Lipinski definition) is 5. The Balaban J connectivity index is 2.24. The highest BCUT2D eigenvalue weighted by molar-refractivity contribution is 7.89. The third kappa shape index (κ3) is 2.19. The van der Waals surface area contributed by atoms with Gasteiger partial charge < -0.3 is 0 Å². The molecule has 0 spiro atoms. The van der Waals surface area contributed by atoms with Crippen LogP contribution in [0.4, 0.5) is 5.13 Å². The fourth-order valence-electron chi connectivity index (χ4n) is 1.45. The first-order chi connectivity index (χ1) is 7.38. The maximum absolute atomic E-state index is 11.6. The topological polar surface area (TPSA) is 93.4 Å². The minimum absolute atomic E-state index is 0.0432. The lowest BCUT2D eigenvalue weighted by molar-refractivity contribution is -0.117. The number of thiazole rings is 1. The summed E-state index contributed by atoms with van der Waals surface area (Å²) in [6, 6.07) is 0. The Morgan fingerprint density at radius 3 is 2.75 bits per heavy atom. The van der Waals surface area contributed by atoms with Gasteiger partial charge in [0.1, 0.15) is 9.59 Å². The molecule has 0 radical (unpaired) electrons. The van der Waals surface area contributed by atoms with Crippen LogP contribution in [0.1, 0.15) is 6.42 Å². The van der Waals surface area contributed by atoms with Gasteiger partial charge in [-0.1, -0.05) is 22.9 Å². The summed E-state index contributed by atoms with van der Waals surface area (Å²) in [4.78, 5) is 16.8. The summed E-state index contributed by atoms with van der Waals surface area (Å²) in [5, 5.41) is 4.54. The van der Waals surface area contributed by atoms with E-state index in [0.29, 0.717) is 9.47 Å². The Kier molecular flexibility index (Phi) is 2.91. The third-order valence-corrected chi connectivity index (χ3v) is 4.63. The molecule has 1 aromatic heterocycles. The van der Waals surface area contributed by atoms with Crippen LogP contribution in [-0.2, 0) is 14.8 Å². The lowest BCUT2D eigenvalue weighted by Gasteiger charge is -2.11. The Morgan fingerprint density at radius 2 is 2.31 bits per heavy atom. The third-order valence-electron chi connectivity index (χ3n) is 2.25. The lowest BCUT2D eigenvalue weighted by Crippen LogP contribution is -2.32. The van der Waals surface area contributed by atoms with E-state index in [4.69, 9.17) is 16.7 Å². The summed E-state index contributed by atoms with van der Waals surface area (Å²) in [6.07, 6.45) is 1.31. The first-order valence-corrected chi connectivity index (χ1v) is 7.11. The number of sulfonamides is 1. The summed E-state index contributed by atoms with van der Waals surface area (Å²) in [6.45, 7) is 0.0432. The van der Waals surface area contributed by atoms with Gasteiger partial charge in [-0.25, -0.2) is 18.5 Å². The number of hydrogen-bond donors (Lipinski definition) is 1. The second-order valence-corrected chi connectivity index (χ2v) is 6.85. The molecule has 88 valence electrons. The average molecular weight is 282 g/mol. The Labute approximate surface area is 101 Å². The molecule has 0 bridgehead atoms. The van der Waals surface area contributed by atoms with Gasteiger partial charge in [-0.05, 0) is 0 Å². The lowest BCUT2D eigenvalue weighted by atomic mass is 10.4. The maximum Gasteiger partial charge on any atom is 0.230 e. The summed E-state index contributed by atoms with van der Waals surface area (Å²) in [7, 11) is -3.69. The predicted molar refractivity (Wildman–Crippen MR) is 61.0 cm³/mol. The van der Waals surface area contributed by atoms with Gasteiger partial charge in [0.25, 0.3) is 0 Å². The van der Waals surface area contributed by atoms with E-state index in [2.05, 4.69) is 4.98 Å². The second kappa shape index (κ2) is 3.95. The minimum atomic E-state index is -3.69. The largest absolute Gasteiger partial charge is 0.287 e. The quantitative estimate of drug-likeness (QED) is 0.837. The van der Waals surface area contributed by atoms with Crippen LogP contribution < -0.4 is 10.0 Å². The number of aromatic nitrogens is 1. The van der Waals surface area contributed by atoms with Crippen LogP contribution in [-0.4, -0.2) is 31.1 Å². The van der Waals surface area contributed by atoms with Crippen LogP contribution in [0.2, 0.25) is 4.34 Å². The molecule has 2 N–H and O–H groups in total. The van der Waals surface area contributed by atoms with Crippen molar-refractivity contribution < 1.29 is 13.2 Å². The number of nitrogens with two attached hydrogens (primary N) is 1. The molecule has 2 heterocycles. The number of halogens is 1. The van der Waals surface area contributed by atoms with Crippen LogP contribution in [0.3, 0.4) is 0 Å². The van der Waals surface area contributed by atoms with E-state index >= 15 is 0 Å². The maximum atomic E-state index is 11.6. The van der Waals surface area contributed by atoms with Crippen LogP contribution in [0, 0.1) is 0 Å². The molecule has 2 rings (SSSR count). The van der Waals surface area contributed by atoms with Crippen LogP contribution in [0.25, 0.3) is 0 Å². The standard InChI is InChI=1S/C7H8ClN3O3S2/c8-5-2-10-7(15-5)11-3-4(1-6(11)12)16(9,13)14/h2,4H,1,3H2,(H2,9,13,14). The van der Waals surface area contributed by atoms with Gasteiger partial charge in [0, 0.05) is 13.0 Å². The van der Waals surface area contributed by atoms with E-state index in [1.165, 1.54) is 11.1 Å². The molecule has 0 saturated carbocycles. The fourth-order valence-corrected chi connectivity index (χ4v) is 3.11. The zero-order valence-electron chi connectivity index (χ0n) is 7.96. The highest BCUT2D eigenvalue weighted by atomic mass is 35.5. The SMILES string of the molecule is NS(=O)(=O)C1CC(=O)N(c2ncc(Cl)s2)C1. The molecule has 0 aliphatic carbocycles. The second-order valence-electron chi connectivity index (χ2n) is 3.37. The minimum Gasteiger partial charge on any atom is -0.287 e. The van der Waals surface area contributed by atoms with Crippen molar-refractivity contribution in [3.63, 3.8) is 0 Å². The van der Waals surface area contributed by atoms with E-state index in [0.717, 1.165) is 11.3 Å². The highest BCUT2D eigenvalue weighted by Gasteiger charge is 2.38. The van der Waals surface area contributed by atoms with E-state index < -0.39 is 15.3 Å². The van der Waals surface area contributed by atoms with Gasteiger partial charge in [-0.15, -0.1) is 0 Å². The van der Waals surface area contributed by atoms with E-state index in [-0.39, 0.29) is 18.9 Å². The zero-order chi connectivity index (χ0) is 11.9. The smallest absolute Gasteiger partial charge is 0.230 e. The molecule has 1 fully saturated rings. The van der Waals surface area contributed by atoms with Gasteiger partial charge in [0.15, 0.2) is 5.13 Å². The average Bonchev–Trinajstić information content (AvgIpc) is 2.70. The van der Waals surface area contributed by atoms with Crippen molar-refractivity contribution in [2.24, 2.45) is 5.14 Å². The Morgan fingerprint density at radius 1 is 1.62 bits per heavy atom. The Bertz CT molecular complexity index is 527. The molecular weight excluding hydrogens is 274 g/mol. The van der Waals surface area contributed by atoms with Gasteiger partial charge in [-0.2, -0.15) is 0 Å². The molecule has 16 heavy (non-hydrogen) atoms. The fraction of sp³-hybridized carbons (Fsp3) is 0.429. The van der Waals surface area contributed by atoms with Crippen molar-refractivity contribution in [3.05, 3.63) is 10.5 Å². The number of primary sulfonamides is 1. The van der Waals surface area contributed by atoms with Crippen molar-refractivity contribution in [2.45, 2.75) is 11.7 Å². The van der Waals surface area contributed by atoms with Gasteiger partial charge >= 0.3 is 0 Å². The summed E-state index contributed by atoms with van der Waals surface area (Å²) >= 11 is 6.81. The van der Waals surface area contributed by atoms with Gasteiger partial charge in [0.05, 0.1) is 6.20 Å². The number of nitrogens with zero attached hydrogens (tertiary/aromatic N) is 2. The van der Waals surface area contributed by atoms with Gasteiger partial charge in [0.2, 0.25) is 15.9 Å². The normalized spacial score (nSPS) is 21.8. The number of carbonyl (C=O) groups is 1. The highest BCUT2D eigenvalue weighted by Crippen LogP contribution is 2.30. The van der Waals surface area contributed by atoms with Crippen LogP contribution in [0.15, 0.2) is 6.20 Å². The molecule has 1 atom stereocenters. The molecule has 9 heteroatoms. The molecule has 1 aromatic rings. The molecule has 1 amide bonds. The van der Waals surface area contributed by atoms with Crippen molar-refractivity contribution >= 4 is 44.0 Å². The predicted octanol–water partition coefficient (Wildman–Crippen LogP) is 0.190. The number of amides is 1. The van der Waals surface area contributed by atoms with E-state index in [1.54, 1.807) is 0 Å². The van der Waals surface area contributed by atoms with Gasteiger partial charge in [-0.3, -0.25) is 9.69 Å². The summed E-state index contributed by atoms with van der Waals surface area (Å²) < 4.78 is 22.7. The van der Waals surface area contributed by atoms with Crippen molar-refractivity contribution in [1.82, 2.24) is 4.98 Å². The molecule has 6 nitrogen and oxygen atoms in total. The molecule has 1 saturated heterocycles. The summed E-state index contributed by atoms with van der Waals surface area (Å²) in [5.74, 6) is -0.301. The molecule has 1 aliphatic heterocycles. The van der Waals surface area contributed by atoms with Crippen molar-refractivity contribution in [2.75, 3.05) is 11.4 Å². The molecule has 1 aliphatic rings. The molecular formula is C7H8ClN3O3S2. The van der Waals surface area contributed by atoms with Crippen LogP contribution >= 0.6 is 22.9 Å². The molecule has 1 unspecified atom stereocenters. The van der Waals surface area contributed by atoms with Crippen molar-refractivity contribution in [1.29, 1.82) is 0 Å². The number of carbonyl (C=O) groups excluding carboxylic acids is 1. The summed E-state index contributed by atoms with van der Waals surface area (Å²) in [5.41, 5.74) is 0. The van der Waals surface area contributed by atoms with Crippen molar-refractivity contribution in [3.8, 4) is 0 Å². The van der Waals surface area contributed by atoms with Crippen LogP contribution in [0.5, 0.6) is 0 Å². The molecule has 0 aromatic carbocycles. The Hall–Kier alpha value is -0.700. The van der Waals surface area contributed by atoms with E-state index in [1.807, 2.05) is 0 Å². The monoisotopic (exact) mass is 281 g/mol. The first kappa shape index (κ1) is 11.8. The number of anilines is 1.